The molecule has 0 spiro atoms. The minimum absolute atomic E-state index is 0.0277. The van der Waals surface area contributed by atoms with E-state index in [-0.39, 0.29) is 11.1 Å². The molecule has 138 valence electrons. The smallest absolute Gasteiger partial charge is 0.338 e. The maximum Gasteiger partial charge on any atom is 0.338 e. The van der Waals surface area contributed by atoms with Gasteiger partial charge in [0, 0.05) is 31.2 Å². The SMILES string of the molecule is CC1=C(C(=O)OC(C)(C#N)C#N)C(C)C(C(=O)OC(C)(C#N)C#N)=C(C)N1. The fourth-order valence-electron chi connectivity index (χ4n) is 2.49. The Morgan fingerprint density at radius 2 is 1.15 bits per heavy atom. The molecule has 1 rings (SSSR count). The van der Waals surface area contributed by atoms with Crippen molar-refractivity contribution in [1.29, 1.82) is 21.0 Å². The lowest BCUT2D eigenvalue weighted by Crippen LogP contribution is -2.37. The number of rotatable bonds is 4. The molecule has 0 saturated carbocycles. The second kappa shape index (κ2) is 7.60. The van der Waals surface area contributed by atoms with Crippen LogP contribution < -0.4 is 5.32 Å². The maximum atomic E-state index is 12.5. The number of esters is 2. The fourth-order valence-corrected chi connectivity index (χ4v) is 2.49. The third kappa shape index (κ3) is 4.24. The number of nitriles is 4. The molecule has 1 N–H and O–H groups in total. The molecule has 0 aromatic carbocycles. The van der Waals surface area contributed by atoms with Gasteiger partial charge in [-0.25, -0.2) is 9.59 Å². The average Bonchev–Trinajstić information content (AvgIpc) is 2.60. The average molecular weight is 367 g/mol. The zero-order valence-electron chi connectivity index (χ0n) is 15.5. The van der Waals surface area contributed by atoms with Gasteiger partial charge in [-0.3, -0.25) is 0 Å². The first-order valence-corrected chi connectivity index (χ1v) is 7.77. The van der Waals surface area contributed by atoms with Crippen LogP contribution in [0.1, 0.15) is 34.6 Å². The van der Waals surface area contributed by atoms with Crippen molar-refractivity contribution in [2.45, 2.75) is 45.8 Å². The van der Waals surface area contributed by atoms with E-state index in [0.29, 0.717) is 11.4 Å². The van der Waals surface area contributed by atoms with E-state index in [0.717, 1.165) is 13.8 Å². The topological polar surface area (TPSA) is 160 Å². The predicted octanol–water partition coefficient (Wildman–Crippen LogP) is 1.47. The van der Waals surface area contributed by atoms with Gasteiger partial charge in [0.1, 0.15) is 24.3 Å². The molecule has 0 radical (unpaired) electrons. The summed E-state index contributed by atoms with van der Waals surface area (Å²) in [6, 6.07) is 6.38. The van der Waals surface area contributed by atoms with Gasteiger partial charge in [0.25, 0.3) is 11.2 Å². The van der Waals surface area contributed by atoms with Crippen LogP contribution in [0.2, 0.25) is 0 Å². The first-order chi connectivity index (χ1) is 12.5. The normalized spacial score (nSPS) is 14.9. The predicted molar refractivity (Wildman–Crippen MR) is 89.1 cm³/mol. The molecule has 0 aliphatic carbocycles. The van der Waals surface area contributed by atoms with Gasteiger partial charge in [0.05, 0.1) is 11.1 Å². The van der Waals surface area contributed by atoms with E-state index in [2.05, 4.69) is 5.32 Å². The minimum atomic E-state index is -1.98. The maximum absolute atomic E-state index is 12.5. The second-order valence-electron chi connectivity index (χ2n) is 6.22. The highest BCUT2D eigenvalue weighted by Gasteiger charge is 2.39. The summed E-state index contributed by atoms with van der Waals surface area (Å²) in [7, 11) is 0. The third-order valence-electron chi connectivity index (χ3n) is 3.94. The quantitative estimate of drug-likeness (QED) is 0.725. The van der Waals surface area contributed by atoms with Crippen LogP contribution in [-0.4, -0.2) is 23.1 Å². The Morgan fingerprint density at radius 1 is 0.852 bits per heavy atom. The number of carbonyl (C=O) groups excluding carboxylic acids is 2. The fraction of sp³-hybridized carbons (Fsp3) is 0.444. The number of allylic oxidation sites excluding steroid dienone is 2. The zero-order valence-corrected chi connectivity index (χ0v) is 15.5. The van der Waals surface area contributed by atoms with Gasteiger partial charge in [-0.1, -0.05) is 6.92 Å². The lowest BCUT2D eigenvalue weighted by molar-refractivity contribution is -0.146. The van der Waals surface area contributed by atoms with E-state index < -0.39 is 29.1 Å². The standard InChI is InChI=1S/C18H17N5O4/c1-10-13(15(24)26-17(4,6-19)7-20)11(2)23-12(3)14(10)16(25)27-18(5,8-21)9-22/h10,23H,1-5H3. The summed E-state index contributed by atoms with van der Waals surface area (Å²) in [5, 5.41) is 38.9. The lowest BCUT2D eigenvalue weighted by atomic mass is 9.87. The number of hydrogen-bond acceptors (Lipinski definition) is 9. The van der Waals surface area contributed by atoms with E-state index in [9.17, 15) is 9.59 Å². The number of carbonyl (C=O) groups is 2. The summed E-state index contributed by atoms with van der Waals surface area (Å²) in [5.74, 6) is -2.71. The second-order valence-corrected chi connectivity index (χ2v) is 6.22. The summed E-state index contributed by atoms with van der Waals surface area (Å²) in [4.78, 5) is 25.0. The third-order valence-corrected chi connectivity index (χ3v) is 3.94. The molecule has 9 nitrogen and oxygen atoms in total. The lowest BCUT2D eigenvalue weighted by Gasteiger charge is -2.29. The van der Waals surface area contributed by atoms with Gasteiger partial charge >= 0.3 is 11.9 Å². The highest BCUT2D eigenvalue weighted by atomic mass is 16.6. The number of nitrogens with zero attached hydrogens (tertiary/aromatic N) is 4. The van der Waals surface area contributed by atoms with Crippen molar-refractivity contribution < 1.29 is 19.1 Å². The Balaban J connectivity index is 3.24. The molecular weight excluding hydrogens is 350 g/mol. The van der Waals surface area contributed by atoms with E-state index in [1.54, 1.807) is 38.1 Å². The van der Waals surface area contributed by atoms with Gasteiger partial charge in [0.2, 0.25) is 0 Å². The van der Waals surface area contributed by atoms with E-state index >= 15 is 0 Å². The van der Waals surface area contributed by atoms with E-state index in [1.165, 1.54) is 6.92 Å². The van der Waals surface area contributed by atoms with Crippen molar-refractivity contribution in [3.8, 4) is 24.3 Å². The van der Waals surface area contributed by atoms with E-state index in [4.69, 9.17) is 30.5 Å². The van der Waals surface area contributed by atoms with Crippen molar-refractivity contribution in [3.05, 3.63) is 22.5 Å². The van der Waals surface area contributed by atoms with Crippen LogP contribution >= 0.6 is 0 Å². The summed E-state index contributed by atoms with van der Waals surface area (Å²) in [6.45, 7) is 6.96. The molecule has 1 aliphatic rings. The molecule has 0 aromatic rings. The Hall–Kier alpha value is -3.82. The van der Waals surface area contributed by atoms with Crippen molar-refractivity contribution in [3.63, 3.8) is 0 Å². The molecule has 0 atom stereocenters. The summed E-state index contributed by atoms with van der Waals surface area (Å²) < 4.78 is 9.97. The first-order valence-electron chi connectivity index (χ1n) is 7.77. The van der Waals surface area contributed by atoms with Gasteiger partial charge in [-0.05, 0) is 13.8 Å². The molecule has 0 bridgehead atoms. The Kier molecular flexibility index (Phi) is 5.97. The molecule has 27 heavy (non-hydrogen) atoms. The van der Waals surface area contributed by atoms with Crippen molar-refractivity contribution in [2.24, 2.45) is 5.92 Å². The number of hydrogen-bond donors (Lipinski definition) is 1. The molecule has 0 unspecified atom stereocenters. The highest BCUT2D eigenvalue weighted by Crippen LogP contribution is 2.32. The van der Waals surface area contributed by atoms with Gasteiger partial charge in [0.15, 0.2) is 0 Å². The Morgan fingerprint density at radius 3 is 1.41 bits per heavy atom. The van der Waals surface area contributed by atoms with Crippen molar-refractivity contribution >= 4 is 11.9 Å². The van der Waals surface area contributed by atoms with Gasteiger partial charge in [-0.15, -0.1) is 0 Å². The van der Waals surface area contributed by atoms with Crippen molar-refractivity contribution in [1.82, 2.24) is 5.32 Å². The van der Waals surface area contributed by atoms with Crippen LogP contribution in [0, 0.1) is 51.2 Å². The first kappa shape index (κ1) is 21.2. The number of ether oxygens (including phenoxy) is 2. The van der Waals surface area contributed by atoms with Crippen LogP contribution in [0.5, 0.6) is 0 Å². The molecule has 1 aliphatic heterocycles. The summed E-state index contributed by atoms with van der Waals surface area (Å²) in [5.41, 5.74) is -3.16. The molecule has 9 heteroatoms. The monoisotopic (exact) mass is 367 g/mol. The van der Waals surface area contributed by atoms with Gasteiger partial charge in [-0.2, -0.15) is 21.0 Å². The molecule has 0 fully saturated rings. The highest BCUT2D eigenvalue weighted by molar-refractivity contribution is 5.98. The minimum Gasteiger partial charge on any atom is -0.427 e. The largest absolute Gasteiger partial charge is 0.427 e. The molecule has 0 saturated heterocycles. The zero-order chi connectivity index (χ0) is 21.0. The molecule has 0 aromatic heterocycles. The summed E-state index contributed by atoms with van der Waals surface area (Å²) >= 11 is 0. The van der Waals surface area contributed by atoms with Gasteiger partial charge < -0.3 is 14.8 Å². The molecule has 1 heterocycles. The van der Waals surface area contributed by atoms with Crippen LogP contribution in [0.4, 0.5) is 0 Å². The van der Waals surface area contributed by atoms with Crippen LogP contribution in [0.15, 0.2) is 22.5 Å². The van der Waals surface area contributed by atoms with Crippen LogP contribution in [0.3, 0.4) is 0 Å². The number of dihydropyridines is 1. The Bertz CT molecular complexity index is 815. The van der Waals surface area contributed by atoms with E-state index in [1.807, 2.05) is 0 Å². The van der Waals surface area contributed by atoms with Crippen molar-refractivity contribution in [2.75, 3.05) is 0 Å². The summed E-state index contributed by atoms with van der Waals surface area (Å²) in [6.07, 6.45) is 0. The Labute approximate surface area is 156 Å². The van der Waals surface area contributed by atoms with Crippen LogP contribution in [-0.2, 0) is 19.1 Å². The number of nitrogens with one attached hydrogen (secondary N) is 1. The molecular formula is C18H17N5O4. The van der Waals surface area contributed by atoms with Crippen LogP contribution in [0.25, 0.3) is 0 Å². The molecule has 0 amide bonds.